The summed E-state index contributed by atoms with van der Waals surface area (Å²) >= 11 is 12.0. The van der Waals surface area contributed by atoms with E-state index in [2.05, 4.69) is 0 Å². The minimum absolute atomic E-state index is 0.104. The van der Waals surface area contributed by atoms with Crippen LogP contribution in [0.3, 0.4) is 0 Å². The highest BCUT2D eigenvalue weighted by Crippen LogP contribution is 2.29. The molecule has 1 aliphatic rings. The molecule has 2 rings (SSSR count). The number of halogens is 2. The smallest absolute Gasteiger partial charge is 0.228 e. The zero-order valence-electron chi connectivity index (χ0n) is 13.4. The maximum atomic E-state index is 12.6. The van der Waals surface area contributed by atoms with Gasteiger partial charge in [0.25, 0.3) is 0 Å². The van der Waals surface area contributed by atoms with Crippen LogP contribution in [0.5, 0.6) is 5.75 Å². The van der Waals surface area contributed by atoms with Crippen molar-refractivity contribution in [1.82, 2.24) is 4.90 Å². The first kappa shape index (κ1) is 17.4. The minimum Gasteiger partial charge on any atom is -0.490 e. The molecule has 1 aromatic rings. The largest absolute Gasteiger partial charge is 0.490 e. The van der Waals surface area contributed by atoms with Gasteiger partial charge < -0.3 is 9.64 Å². The fraction of sp³-hybridized carbons (Fsp3) is 0.588. The summed E-state index contributed by atoms with van der Waals surface area (Å²) in [5, 5.41) is 1.08. The molecular weight excluding hydrogens is 321 g/mol. The zero-order chi connectivity index (χ0) is 16.3. The maximum absolute atomic E-state index is 12.6. The number of carbonyl (C=O) groups is 1. The van der Waals surface area contributed by atoms with E-state index < -0.39 is 0 Å². The molecule has 1 unspecified atom stereocenters. The number of piperidine rings is 1. The molecule has 1 saturated heterocycles. The SMILES string of the molecule is CC(C)(C)C(=O)N1CCCCC1COc1ccc(Cl)cc1Cl. The standard InChI is InChI=1S/C17H23Cl2NO2/c1-17(2,3)16(21)20-9-5-4-6-13(20)11-22-15-8-7-12(18)10-14(15)19/h7-8,10,13H,4-6,9,11H2,1-3H3. The first-order chi connectivity index (χ1) is 10.3. The molecule has 1 fully saturated rings. The normalized spacial score (nSPS) is 19.1. The fourth-order valence-electron chi connectivity index (χ4n) is 2.65. The van der Waals surface area contributed by atoms with Gasteiger partial charge in [0.2, 0.25) is 5.91 Å². The van der Waals surface area contributed by atoms with Crippen LogP contribution < -0.4 is 4.74 Å². The Morgan fingerprint density at radius 1 is 1.32 bits per heavy atom. The number of ether oxygens (including phenoxy) is 1. The summed E-state index contributed by atoms with van der Waals surface area (Å²) in [5.74, 6) is 0.794. The van der Waals surface area contributed by atoms with E-state index in [1.54, 1.807) is 18.2 Å². The van der Waals surface area contributed by atoms with Gasteiger partial charge in [-0.3, -0.25) is 4.79 Å². The Balaban J connectivity index is 2.04. The van der Waals surface area contributed by atoms with Gasteiger partial charge in [-0.05, 0) is 37.5 Å². The lowest BCUT2D eigenvalue weighted by molar-refractivity contribution is -0.144. The average Bonchev–Trinajstić information content (AvgIpc) is 2.45. The quantitative estimate of drug-likeness (QED) is 0.788. The Morgan fingerprint density at radius 2 is 2.05 bits per heavy atom. The Morgan fingerprint density at radius 3 is 2.68 bits per heavy atom. The van der Waals surface area contributed by atoms with E-state index in [4.69, 9.17) is 27.9 Å². The summed E-state index contributed by atoms with van der Waals surface area (Å²) in [5.41, 5.74) is -0.368. The molecule has 1 aliphatic heterocycles. The lowest BCUT2D eigenvalue weighted by Gasteiger charge is -2.39. The Labute approximate surface area is 142 Å². The van der Waals surface area contributed by atoms with Gasteiger partial charge in [-0.2, -0.15) is 0 Å². The Hall–Kier alpha value is -0.930. The van der Waals surface area contributed by atoms with E-state index in [9.17, 15) is 4.79 Å². The molecule has 122 valence electrons. The molecule has 0 aromatic heterocycles. The van der Waals surface area contributed by atoms with Gasteiger partial charge in [0, 0.05) is 17.0 Å². The van der Waals surface area contributed by atoms with Crippen LogP contribution in [0.25, 0.3) is 0 Å². The molecule has 0 spiro atoms. The topological polar surface area (TPSA) is 29.5 Å². The number of carbonyl (C=O) groups excluding carboxylic acids is 1. The average molecular weight is 344 g/mol. The first-order valence-corrected chi connectivity index (χ1v) is 8.43. The van der Waals surface area contributed by atoms with Crippen molar-refractivity contribution in [1.29, 1.82) is 0 Å². The molecule has 0 aliphatic carbocycles. The number of likely N-dealkylation sites (tertiary alicyclic amines) is 1. The number of benzene rings is 1. The van der Waals surface area contributed by atoms with Gasteiger partial charge >= 0.3 is 0 Å². The number of nitrogens with zero attached hydrogens (tertiary/aromatic N) is 1. The van der Waals surface area contributed by atoms with E-state index in [0.29, 0.717) is 22.4 Å². The van der Waals surface area contributed by atoms with E-state index in [0.717, 1.165) is 25.8 Å². The maximum Gasteiger partial charge on any atom is 0.228 e. The molecule has 1 amide bonds. The molecule has 0 radical (unpaired) electrons. The molecular formula is C17H23Cl2NO2. The highest BCUT2D eigenvalue weighted by atomic mass is 35.5. The van der Waals surface area contributed by atoms with Crippen molar-refractivity contribution in [2.24, 2.45) is 5.41 Å². The second kappa shape index (κ2) is 7.10. The van der Waals surface area contributed by atoms with Crippen LogP contribution in [0.15, 0.2) is 18.2 Å². The summed E-state index contributed by atoms with van der Waals surface area (Å²) in [4.78, 5) is 14.5. The highest BCUT2D eigenvalue weighted by molar-refractivity contribution is 6.35. The van der Waals surface area contributed by atoms with E-state index in [1.165, 1.54) is 0 Å². The van der Waals surface area contributed by atoms with Crippen LogP contribution in [0.4, 0.5) is 0 Å². The summed E-state index contributed by atoms with van der Waals surface area (Å²) in [7, 11) is 0. The van der Waals surface area contributed by atoms with Crippen LogP contribution >= 0.6 is 23.2 Å². The number of amides is 1. The third-order valence-corrected chi connectivity index (χ3v) is 4.39. The van der Waals surface area contributed by atoms with Crippen LogP contribution in [0.2, 0.25) is 10.0 Å². The van der Waals surface area contributed by atoms with Crippen LogP contribution in [0.1, 0.15) is 40.0 Å². The fourth-order valence-corrected chi connectivity index (χ4v) is 3.11. The molecule has 1 aromatic carbocycles. The zero-order valence-corrected chi connectivity index (χ0v) is 14.9. The van der Waals surface area contributed by atoms with E-state index in [1.807, 2.05) is 25.7 Å². The Bertz CT molecular complexity index is 540. The molecule has 0 N–H and O–H groups in total. The minimum atomic E-state index is -0.368. The van der Waals surface area contributed by atoms with Crippen molar-refractivity contribution in [3.05, 3.63) is 28.2 Å². The van der Waals surface area contributed by atoms with Crippen molar-refractivity contribution in [3.63, 3.8) is 0 Å². The molecule has 3 nitrogen and oxygen atoms in total. The third-order valence-electron chi connectivity index (χ3n) is 3.85. The van der Waals surface area contributed by atoms with E-state index in [-0.39, 0.29) is 17.4 Å². The third kappa shape index (κ3) is 4.30. The van der Waals surface area contributed by atoms with Crippen molar-refractivity contribution in [2.45, 2.75) is 46.1 Å². The summed E-state index contributed by atoms with van der Waals surface area (Å²) in [6.07, 6.45) is 3.14. The first-order valence-electron chi connectivity index (χ1n) is 7.68. The van der Waals surface area contributed by atoms with E-state index >= 15 is 0 Å². The number of hydrogen-bond acceptors (Lipinski definition) is 2. The predicted molar refractivity (Wildman–Crippen MR) is 90.8 cm³/mol. The number of rotatable bonds is 3. The van der Waals surface area contributed by atoms with Gasteiger partial charge in [-0.25, -0.2) is 0 Å². The highest BCUT2D eigenvalue weighted by Gasteiger charge is 2.33. The molecule has 22 heavy (non-hydrogen) atoms. The van der Waals surface area contributed by atoms with Crippen LogP contribution in [-0.4, -0.2) is 30.0 Å². The monoisotopic (exact) mass is 343 g/mol. The van der Waals surface area contributed by atoms with Gasteiger partial charge in [-0.15, -0.1) is 0 Å². The van der Waals surface area contributed by atoms with Crippen molar-refractivity contribution >= 4 is 29.1 Å². The van der Waals surface area contributed by atoms with Gasteiger partial charge in [0.05, 0.1) is 11.1 Å². The lowest BCUT2D eigenvalue weighted by Crippen LogP contribution is -2.50. The van der Waals surface area contributed by atoms with Crippen LogP contribution in [-0.2, 0) is 4.79 Å². The lowest BCUT2D eigenvalue weighted by atomic mass is 9.91. The van der Waals surface area contributed by atoms with Crippen LogP contribution in [0, 0.1) is 5.41 Å². The second-order valence-corrected chi connectivity index (χ2v) is 7.63. The van der Waals surface area contributed by atoms with Gasteiger partial charge in [0.1, 0.15) is 12.4 Å². The molecule has 1 heterocycles. The van der Waals surface area contributed by atoms with Crippen molar-refractivity contribution in [3.8, 4) is 5.75 Å². The molecule has 0 bridgehead atoms. The molecule has 5 heteroatoms. The molecule has 0 saturated carbocycles. The van der Waals surface area contributed by atoms with Crippen molar-refractivity contribution < 1.29 is 9.53 Å². The summed E-state index contributed by atoms with van der Waals surface area (Å²) < 4.78 is 5.84. The van der Waals surface area contributed by atoms with Crippen molar-refractivity contribution in [2.75, 3.05) is 13.2 Å². The Kier molecular flexibility index (Phi) is 5.62. The second-order valence-electron chi connectivity index (χ2n) is 6.78. The molecule has 1 atom stereocenters. The summed E-state index contributed by atoms with van der Waals surface area (Å²) in [6.45, 7) is 7.13. The predicted octanol–water partition coefficient (Wildman–Crippen LogP) is 4.80. The van der Waals surface area contributed by atoms with Gasteiger partial charge in [0.15, 0.2) is 0 Å². The number of hydrogen-bond donors (Lipinski definition) is 0. The van der Waals surface area contributed by atoms with Gasteiger partial charge in [-0.1, -0.05) is 44.0 Å². The summed E-state index contributed by atoms with van der Waals surface area (Å²) in [6, 6.07) is 5.29.